The van der Waals surface area contributed by atoms with E-state index < -0.39 is 0 Å². The molecule has 0 fully saturated rings. The molecule has 0 aliphatic heterocycles. The maximum absolute atomic E-state index is 10.3. The van der Waals surface area contributed by atoms with E-state index in [1.165, 1.54) is 97.0 Å². The highest BCUT2D eigenvalue weighted by Gasteiger charge is 2.14. The number of aryl methyl sites for hydroxylation is 1. The van der Waals surface area contributed by atoms with Crippen molar-refractivity contribution in [2.45, 2.75) is 117 Å². The summed E-state index contributed by atoms with van der Waals surface area (Å²) in [5.74, 6) is 0.782. The van der Waals surface area contributed by atoms with Crippen LogP contribution in [0.5, 0.6) is 17.2 Å². The molecule has 0 amide bonds. The molecule has 1 aromatic rings. The number of phenolic OH excluding ortho intramolecular Hbond substituents is 2. The van der Waals surface area contributed by atoms with Gasteiger partial charge in [0.25, 0.3) is 0 Å². The van der Waals surface area contributed by atoms with Crippen LogP contribution in [-0.4, -0.2) is 17.3 Å². The number of benzene rings is 1. The fourth-order valence-electron chi connectivity index (χ4n) is 3.91. The molecule has 0 bridgehead atoms. The van der Waals surface area contributed by atoms with Gasteiger partial charge < -0.3 is 14.9 Å². The molecule has 0 aliphatic rings. The average Bonchev–Trinajstić information content (AvgIpc) is 2.69. The van der Waals surface area contributed by atoms with E-state index in [0.29, 0.717) is 11.3 Å². The summed E-state index contributed by atoms with van der Waals surface area (Å²) in [6.07, 6.45) is 21.0. The molecule has 0 aliphatic carbocycles. The number of unbranched alkanes of at least 4 members (excludes halogenated alkanes) is 14. The SMILES string of the molecule is CCCCCCCCCCCCCCCCCc1cc(O)c(C)c(OC)c1O. The zero-order chi connectivity index (χ0) is 20.6. The number of hydrogen-bond donors (Lipinski definition) is 2. The molecule has 0 radical (unpaired) electrons. The smallest absolute Gasteiger partial charge is 0.167 e. The molecule has 0 aromatic heterocycles. The number of aromatic hydroxyl groups is 2. The van der Waals surface area contributed by atoms with Gasteiger partial charge in [-0.3, -0.25) is 0 Å². The van der Waals surface area contributed by atoms with Crippen molar-refractivity contribution in [3.8, 4) is 17.2 Å². The van der Waals surface area contributed by atoms with Crippen molar-refractivity contribution in [1.82, 2.24) is 0 Å². The summed E-state index contributed by atoms with van der Waals surface area (Å²) in [5, 5.41) is 20.2. The summed E-state index contributed by atoms with van der Waals surface area (Å²) in [6.45, 7) is 4.03. The van der Waals surface area contributed by atoms with E-state index in [9.17, 15) is 10.2 Å². The number of phenols is 2. The van der Waals surface area contributed by atoms with E-state index >= 15 is 0 Å². The van der Waals surface area contributed by atoms with E-state index in [1.807, 2.05) is 0 Å². The normalized spacial score (nSPS) is 11.1. The van der Waals surface area contributed by atoms with Crippen LogP contribution < -0.4 is 4.74 Å². The highest BCUT2D eigenvalue weighted by molar-refractivity contribution is 5.56. The number of methoxy groups -OCH3 is 1. The lowest BCUT2D eigenvalue weighted by Gasteiger charge is -2.13. The number of ether oxygens (including phenoxy) is 1. The number of rotatable bonds is 17. The molecule has 162 valence electrons. The lowest BCUT2D eigenvalue weighted by Crippen LogP contribution is -1.94. The van der Waals surface area contributed by atoms with Crippen LogP contribution in [0, 0.1) is 6.92 Å². The second-order valence-corrected chi connectivity index (χ2v) is 8.26. The van der Waals surface area contributed by atoms with Gasteiger partial charge in [-0.25, -0.2) is 0 Å². The Morgan fingerprint density at radius 2 is 1.14 bits per heavy atom. The van der Waals surface area contributed by atoms with Crippen LogP contribution >= 0.6 is 0 Å². The van der Waals surface area contributed by atoms with E-state index in [2.05, 4.69) is 6.92 Å². The Hall–Kier alpha value is -1.38. The summed E-state index contributed by atoms with van der Waals surface area (Å²) < 4.78 is 5.22. The molecule has 2 N–H and O–H groups in total. The molecule has 0 atom stereocenters. The maximum atomic E-state index is 10.3. The topological polar surface area (TPSA) is 49.7 Å². The first-order valence-electron chi connectivity index (χ1n) is 11.7. The van der Waals surface area contributed by atoms with E-state index in [1.54, 1.807) is 13.0 Å². The molecule has 1 rings (SSSR count). The second kappa shape index (κ2) is 15.5. The Labute approximate surface area is 173 Å². The predicted octanol–water partition coefficient (Wildman–Crippen LogP) is 7.83. The van der Waals surface area contributed by atoms with Crippen molar-refractivity contribution in [3.05, 3.63) is 17.2 Å². The van der Waals surface area contributed by atoms with Crippen LogP contribution in [0.15, 0.2) is 6.07 Å². The minimum Gasteiger partial charge on any atom is -0.508 e. The fraction of sp³-hybridized carbons (Fsp3) is 0.760. The van der Waals surface area contributed by atoms with Crippen LogP contribution in [-0.2, 0) is 6.42 Å². The molecule has 0 spiro atoms. The first-order valence-corrected chi connectivity index (χ1v) is 11.7. The van der Waals surface area contributed by atoms with Gasteiger partial charge in [-0.05, 0) is 25.8 Å². The molecule has 0 unspecified atom stereocenters. The maximum Gasteiger partial charge on any atom is 0.167 e. The van der Waals surface area contributed by atoms with E-state index in [4.69, 9.17) is 4.74 Å². The molecular formula is C25H44O3. The molecule has 0 heterocycles. The van der Waals surface area contributed by atoms with Gasteiger partial charge in [0.05, 0.1) is 7.11 Å². The van der Waals surface area contributed by atoms with Gasteiger partial charge in [-0.2, -0.15) is 0 Å². The first kappa shape index (κ1) is 24.7. The molecule has 0 saturated heterocycles. The lowest BCUT2D eigenvalue weighted by molar-refractivity contribution is 0.361. The largest absolute Gasteiger partial charge is 0.508 e. The molecule has 1 aromatic carbocycles. The lowest BCUT2D eigenvalue weighted by atomic mass is 10.0. The van der Waals surface area contributed by atoms with Crippen LogP contribution in [0.4, 0.5) is 0 Å². The molecule has 0 saturated carbocycles. The summed E-state index contributed by atoms with van der Waals surface area (Å²) >= 11 is 0. The Balaban J connectivity index is 1.99. The highest BCUT2D eigenvalue weighted by Crippen LogP contribution is 2.39. The average molecular weight is 393 g/mol. The minimum atomic E-state index is 0.183. The summed E-state index contributed by atoms with van der Waals surface area (Å²) in [7, 11) is 1.53. The Morgan fingerprint density at radius 1 is 0.714 bits per heavy atom. The van der Waals surface area contributed by atoms with Crippen molar-refractivity contribution < 1.29 is 14.9 Å². The Bertz CT molecular complexity index is 525. The monoisotopic (exact) mass is 392 g/mol. The van der Waals surface area contributed by atoms with Crippen molar-refractivity contribution in [2.24, 2.45) is 0 Å². The van der Waals surface area contributed by atoms with Gasteiger partial charge in [0, 0.05) is 11.1 Å². The molecular weight excluding hydrogens is 348 g/mol. The predicted molar refractivity (Wildman–Crippen MR) is 120 cm³/mol. The minimum absolute atomic E-state index is 0.183. The van der Waals surface area contributed by atoms with E-state index in [-0.39, 0.29) is 11.5 Å². The van der Waals surface area contributed by atoms with Gasteiger partial charge in [0.15, 0.2) is 11.5 Å². The van der Waals surface area contributed by atoms with Gasteiger partial charge >= 0.3 is 0 Å². The van der Waals surface area contributed by atoms with Crippen LogP contribution in [0.3, 0.4) is 0 Å². The third kappa shape index (κ3) is 9.71. The van der Waals surface area contributed by atoms with E-state index in [0.717, 1.165) is 18.4 Å². The number of hydrogen-bond acceptors (Lipinski definition) is 3. The Morgan fingerprint density at radius 3 is 1.57 bits per heavy atom. The van der Waals surface area contributed by atoms with Crippen LogP contribution in [0.1, 0.15) is 114 Å². The molecule has 3 nitrogen and oxygen atoms in total. The fourth-order valence-corrected chi connectivity index (χ4v) is 3.91. The zero-order valence-corrected chi connectivity index (χ0v) is 18.7. The first-order chi connectivity index (χ1) is 13.6. The molecule has 3 heteroatoms. The Kier molecular flexibility index (Phi) is 13.7. The third-order valence-corrected chi connectivity index (χ3v) is 5.81. The summed E-state index contributed by atoms with van der Waals surface area (Å²) in [6, 6.07) is 1.68. The van der Waals surface area contributed by atoms with Gasteiger partial charge in [-0.15, -0.1) is 0 Å². The van der Waals surface area contributed by atoms with Crippen molar-refractivity contribution >= 4 is 0 Å². The third-order valence-electron chi connectivity index (χ3n) is 5.81. The van der Waals surface area contributed by atoms with Gasteiger partial charge in [0.1, 0.15) is 5.75 Å². The van der Waals surface area contributed by atoms with Crippen LogP contribution in [0.2, 0.25) is 0 Å². The van der Waals surface area contributed by atoms with Crippen molar-refractivity contribution in [1.29, 1.82) is 0 Å². The van der Waals surface area contributed by atoms with Gasteiger partial charge in [-0.1, -0.05) is 96.8 Å². The summed E-state index contributed by atoms with van der Waals surface area (Å²) in [4.78, 5) is 0. The quantitative estimate of drug-likeness (QED) is 0.210. The summed E-state index contributed by atoms with van der Waals surface area (Å²) in [5.41, 5.74) is 1.38. The second-order valence-electron chi connectivity index (χ2n) is 8.26. The van der Waals surface area contributed by atoms with Gasteiger partial charge in [0.2, 0.25) is 0 Å². The standard InChI is InChI=1S/C25H44O3/c1-4-5-6-7-8-9-10-11-12-13-14-15-16-17-18-19-22-20-23(26)21(2)25(28-3)24(22)27/h20,26-27H,4-19H2,1-3H3. The van der Waals surface area contributed by atoms with Crippen molar-refractivity contribution in [2.75, 3.05) is 7.11 Å². The molecule has 28 heavy (non-hydrogen) atoms. The zero-order valence-electron chi connectivity index (χ0n) is 18.7. The van der Waals surface area contributed by atoms with Crippen LogP contribution in [0.25, 0.3) is 0 Å². The highest BCUT2D eigenvalue weighted by atomic mass is 16.5. The van der Waals surface area contributed by atoms with Crippen molar-refractivity contribution in [3.63, 3.8) is 0 Å².